The number of hydrogen-bond donors (Lipinski definition) is 2. The first kappa shape index (κ1) is 29.1. The summed E-state index contributed by atoms with van der Waals surface area (Å²) in [4.78, 5) is 38.3. The van der Waals surface area contributed by atoms with Gasteiger partial charge in [-0.1, -0.05) is 36.4 Å². The van der Waals surface area contributed by atoms with E-state index in [2.05, 4.69) is 10.1 Å². The van der Waals surface area contributed by atoms with Gasteiger partial charge in [0, 0.05) is 22.8 Å². The SMILES string of the molecule is CC(C)(C)OC(=O)CNC(=O)c1c(O)c2c(n(Cc3ccc(-c4ccc(OC(F)(F)F)cc4)cc3)c1=O)CSC2. The van der Waals surface area contributed by atoms with Crippen LogP contribution in [-0.2, 0) is 27.6 Å². The standard InChI is InChI=1S/C28H27F3N2O6S/c1-27(2,3)39-22(34)12-32-25(36)23-24(35)20-14-40-15-21(20)33(26(23)37)13-16-4-6-17(7-5-16)18-8-10-19(11-9-18)38-28(29,30)31/h4-11,35H,12-15H2,1-3H3,(H,32,36). The molecule has 0 bridgehead atoms. The van der Waals surface area contributed by atoms with Crippen LogP contribution in [-0.4, -0.2) is 40.1 Å². The Morgan fingerprint density at radius 2 is 1.60 bits per heavy atom. The average molecular weight is 577 g/mol. The van der Waals surface area contributed by atoms with E-state index in [1.54, 1.807) is 45.0 Å². The van der Waals surface area contributed by atoms with E-state index in [-0.39, 0.29) is 12.3 Å². The lowest BCUT2D eigenvalue weighted by atomic mass is 10.0. The van der Waals surface area contributed by atoms with Crippen molar-refractivity contribution in [1.29, 1.82) is 0 Å². The number of alkyl halides is 3. The van der Waals surface area contributed by atoms with E-state index in [9.17, 15) is 32.7 Å². The molecule has 0 spiro atoms. The Morgan fingerprint density at radius 3 is 2.17 bits per heavy atom. The van der Waals surface area contributed by atoms with E-state index in [0.717, 1.165) is 11.1 Å². The van der Waals surface area contributed by atoms with Gasteiger partial charge >= 0.3 is 12.3 Å². The Bertz CT molecular complexity index is 1480. The Morgan fingerprint density at radius 1 is 1.00 bits per heavy atom. The normalized spacial score (nSPS) is 13.1. The molecule has 0 aliphatic carbocycles. The van der Waals surface area contributed by atoms with Crippen LogP contribution in [0.15, 0.2) is 53.3 Å². The molecule has 3 aromatic rings. The monoisotopic (exact) mass is 576 g/mol. The van der Waals surface area contributed by atoms with Crippen molar-refractivity contribution in [3.63, 3.8) is 0 Å². The summed E-state index contributed by atoms with van der Waals surface area (Å²) in [5.41, 5.74) is 1.36. The number of carbonyl (C=O) groups is 2. The summed E-state index contributed by atoms with van der Waals surface area (Å²) >= 11 is 1.49. The van der Waals surface area contributed by atoms with E-state index in [1.165, 1.54) is 40.6 Å². The number of thioether (sulfide) groups is 1. The molecule has 8 nitrogen and oxygen atoms in total. The van der Waals surface area contributed by atoms with Crippen LogP contribution in [0.4, 0.5) is 13.2 Å². The average Bonchev–Trinajstić information content (AvgIpc) is 3.35. The maximum Gasteiger partial charge on any atom is 0.573 e. The summed E-state index contributed by atoms with van der Waals surface area (Å²) in [5, 5.41) is 13.1. The van der Waals surface area contributed by atoms with Gasteiger partial charge in [-0.3, -0.25) is 14.4 Å². The molecule has 1 amide bonds. The van der Waals surface area contributed by atoms with Crippen molar-refractivity contribution in [1.82, 2.24) is 9.88 Å². The molecule has 1 aliphatic rings. The largest absolute Gasteiger partial charge is 0.573 e. The molecule has 2 heterocycles. The number of amides is 1. The smallest absolute Gasteiger partial charge is 0.507 e. The van der Waals surface area contributed by atoms with Gasteiger partial charge in [0.05, 0.1) is 6.54 Å². The molecule has 2 aromatic carbocycles. The zero-order chi connectivity index (χ0) is 29.2. The maximum absolute atomic E-state index is 13.4. The number of hydrogen-bond acceptors (Lipinski definition) is 7. The summed E-state index contributed by atoms with van der Waals surface area (Å²) in [6, 6.07) is 12.5. The second-order valence-corrected chi connectivity index (χ2v) is 11.1. The third-order valence-electron chi connectivity index (χ3n) is 5.90. The minimum atomic E-state index is -4.77. The van der Waals surface area contributed by atoms with E-state index < -0.39 is 47.3 Å². The molecule has 4 rings (SSSR count). The fourth-order valence-electron chi connectivity index (χ4n) is 4.20. The number of esters is 1. The van der Waals surface area contributed by atoms with Gasteiger partial charge in [-0.15, -0.1) is 13.2 Å². The van der Waals surface area contributed by atoms with Gasteiger partial charge < -0.3 is 24.5 Å². The van der Waals surface area contributed by atoms with E-state index >= 15 is 0 Å². The highest BCUT2D eigenvalue weighted by atomic mass is 32.2. The number of nitrogens with one attached hydrogen (secondary N) is 1. The van der Waals surface area contributed by atoms with Crippen molar-refractivity contribution in [2.24, 2.45) is 0 Å². The second-order valence-electron chi connectivity index (χ2n) is 10.1. The van der Waals surface area contributed by atoms with Crippen LogP contribution in [0.25, 0.3) is 11.1 Å². The van der Waals surface area contributed by atoms with Crippen molar-refractivity contribution in [2.75, 3.05) is 6.54 Å². The van der Waals surface area contributed by atoms with Crippen LogP contribution in [0, 0.1) is 0 Å². The number of aromatic hydroxyl groups is 1. The quantitative estimate of drug-likeness (QED) is 0.382. The lowest BCUT2D eigenvalue weighted by Gasteiger charge is -2.20. The van der Waals surface area contributed by atoms with Gasteiger partial charge in [-0.2, -0.15) is 11.8 Å². The van der Waals surface area contributed by atoms with E-state index in [1.807, 2.05) is 0 Å². The predicted molar refractivity (Wildman–Crippen MR) is 143 cm³/mol. The molecular formula is C28H27F3N2O6S. The van der Waals surface area contributed by atoms with Crippen LogP contribution in [0.2, 0.25) is 0 Å². The Kier molecular flexibility index (Phi) is 8.20. The molecule has 0 atom stereocenters. The van der Waals surface area contributed by atoms with Crippen LogP contribution in [0.1, 0.15) is 48.0 Å². The number of aromatic nitrogens is 1. The van der Waals surface area contributed by atoms with Gasteiger partial charge in [0.25, 0.3) is 11.5 Å². The number of carbonyl (C=O) groups excluding carboxylic acids is 2. The number of fused-ring (bicyclic) bond motifs is 1. The molecule has 12 heteroatoms. The van der Waals surface area contributed by atoms with Gasteiger partial charge in [0.15, 0.2) is 0 Å². The number of halogens is 3. The molecule has 0 saturated carbocycles. The minimum Gasteiger partial charge on any atom is -0.507 e. The summed E-state index contributed by atoms with van der Waals surface area (Å²) in [6.45, 7) is 4.71. The molecular weight excluding hydrogens is 549 g/mol. The molecule has 40 heavy (non-hydrogen) atoms. The summed E-state index contributed by atoms with van der Waals surface area (Å²) in [5.74, 6) is -1.38. The Hall–Kier alpha value is -3.93. The zero-order valence-corrected chi connectivity index (χ0v) is 22.7. The molecule has 0 radical (unpaired) electrons. The van der Waals surface area contributed by atoms with Crippen molar-refractivity contribution >= 4 is 23.6 Å². The lowest BCUT2D eigenvalue weighted by molar-refractivity contribution is -0.274. The van der Waals surface area contributed by atoms with Crippen LogP contribution in [0.5, 0.6) is 11.5 Å². The molecule has 0 unspecified atom stereocenters. The summed E-state index contributed by atoms with van der Waals surface area (Å²) < 4.78 is 47.8. The fraction of sp³-hybridized carbons (Fsp3) is 0.321. The topological polar surface area (TPSA) is 107 Å². The highest BCUT2D eigenvalue weighted by Crippen LogP contribution is 2.36. The van der Waals surface area contributed by atoms with Crippen LogP contribution in [0.3, 0.4) is 0 Å². The third-order valence-corrected chi connectivity index (χ3v) is 6.87. The van der Waals surface area contributed by atoms with Gasteiger partial charge in [-0.25, -0.2) is 0 Å². The molecule has 212 valence electrons. The van der Waals surface area contributed by atoms with Gasteiger partial charge in [-0.05, 0) is 49.6 Å². The van der Waals surface area contributed by atoms with Gasteiger partial charge in [0.1, 0.15) is 29.2 Å². The highest BCUT2D eigenvalue weighted by molar-refractivity contribution is 7.98. The van der Waals surface area contributed by atoms with Crippen molar-refractivity contribution in [3.05, 3.63) is 81.3 Å². The molecule has 2 N–H and O–H groups in total. The third kappa shape index (κ3) is 6.98. The first-order valence-electron chi connectivity index (χ1n) is 12.2. The van der Waals surface area contributed by atoms with Crippen LogP contribution >= 0.6 is 11.8 Å². The van der Waals surface area contributed by atoms with Crippen molar-refractivity contribution in [3.8, 4) is 22.6 Å². The van der Waals surface area contributed by atoms with Crippen molar-refractivity contribution in [2.45, 2.75) is 50.8 Å². The zero-order valence-electron chi connectivity index (χ0n) is 21.9. The van der Waals surface area contributed by atoms with E-state index in [0.29, 0.717) is 28.3 Å². The summed E-state index contributed by atoms with van der Waals surface area (Å²) in [6.07, 6.45) is -4.77. The fourth-order valence-corrected chi connectivity index (χ4v) is 5.33. The lowest BCUT2D eigenvalue weighted by Crippen LogP contribution is -2.38. The Labute approximate surface area is 232 Å². The molecule has 1 aliphatic heterocycles. The highest BCUT2D eigenvalue weighted by Gasteiger charge is 2.31. The number of pyridine rings is 1. The number of benzene rings is 2. The second kappa shape index (κ2) is 11.3. The number of ether oxygens (including phenoxy) is 2. The van der Waals surface area contributed by atoms with Gasteiger partial charge in [0.2, 0.25) is 0 Å². The predicted octanol–water partition coefficient (Wildman–Crippen LogP) is 4.99. The minimum absolute atomic E-state index is 0.118. The molecule has 0 fully saturated rings. The molecule has 1 aromatic heterocycles. The number of rotatable bonds is 7. The first-order valence-corrected chi connectivity index (χ1v) is 13.4. The summed E-state index contributed by atoms with van der Waals surface area (Å²) in [7, 11) is 0. The first-order chi connectivity index (χ1) is 18.7. The number of nitrogens with zero attached hydrogens (tertiary/aromatic N) is 1. The maximum atomic E-state index is 13.4. The Balaban J connectivity index is 1.55. The van der Waals surface area contributed by atoms with Crippen molar-refractivity contribution < 1.29 is 37.3 Å². The van der Waals surface area contributed by atoms with Crippen LogP contribution < -0.4 is 15.6 Å². The van der Waals surface area contributed by atoms with E-state index in [4.69, 9.17) is 4.74 Å². The molecule has 0 saturated heterocycles.